The molecule has 0 aliphatic heterocycles. The van der Waals surface area contributed by atoms with Gasteiger partial charge in [0.15, 0.2) is 0 Å². The first-order valence-corrected chi connectivity index (χ1v) is 5.25. The fourth-order valence-electron chi connectivity index (χ4n) is 1.66. The zero-order valence-electron chi connectivity index (χ0n) is 9.62. The summed E-state index contributed by atoms with van der Waals surface area (Å²) in [6.07, 6.45) is 1.81. The van der Waals surface area contributed by atoms with Crippen LogP contribution in [0.25, 0.3) is 0 Å². The van der Waals surface area contributed by atoms with Crippen LogP contribution in [0.4, 0.5) is 0 Å². The quantitative estimate of drug-likeness (QED) is 0.807. The Hall–Kier alpha value is -1.34. The molecule has 15 heavy (non-hydrogen) atoms. The highest BCUT2D eigenvalue weighted by Gasteiger charge is 2.13. The summed E-state index contributed by atoms with van der Waals surface area (Å²) in [4.78, 5) is 0. The van der Waals surface area contributed by atoms with Gasteiger partial charge in [0.05, 0.1) is 11.8 Å². The highest BCUT2D eigenvalue weighted by atomic mass is 15.3. The molecule has 0 fully saturated rings. The van der Waals surface area contributed by atoms with Crippen LogP contribution in [0.5, 0.6) is 0 Å². The van der Waals surface area contributed by atoms with Crippen molar-refractivity contribution in [1.82, 2.24) is 9.78 Å². The Morgan fingerprint density at radius 2 is 2.20 bits per heavy atom. The Bertz CT molecular complexity index is 373. The van der Waals surface area contributed by atoms with Crippen molar-refractivity contribution in [3.8, 4) is 6.07 Å². The zero-order valence-corrected chi connectivity index (χ0v) is 9.62. The molecule has 0 aliphatic carbocycles. The van der Waals surface area contributed by atoms with Crippen molar-refractivity contribution in [2.45, 2.75) is 46.2 Å². The number of aromatic nitrogens is 2. The maximum Gasteiger partial charge on any atom is 0.128 e. The van der Waals surface area contributed by atoms with E-state index in [0.717, 1.165) is 24.2 Å². The smallest absolute Gasteiger partial charge is 0.128 e. The largest absolute Gasteiger partial charge is 0.327 e. The first kappa shape index (κ1) is 11.7. The normalized spacial score (nSPS) is 12.5. The van der Waals surface area contributed by atoms with E-state index in [4.69, 9.17) is 11.0 Å². The molecule has 1 unspecified atom stereocenters. The van der Waals surface area contributed by atoms with Crippen LogP contribution < -0.4 is 5.73 Å². The van der Waals surface area contributed by atoms with Gasteiger partial charge in [-0.25, -0.2) is 0 Å². The van der Waals surface area contributed by atoms with Gasteiger partial charge in [0, 0.05) is 11.7 Å². The lowest BCUT2D eigenvalue weighted by molar-refractivity contribution is 0.639. The SMILES string of the molecule is CCC(N)Cc1c(C)nn(CC#N)c1C. The van der Waals surface area contributed by atoms with Gasteiger partial charge >= 0.3 is 0 Å². The van der Waals surface area contributed by atoms with Gasteiger partial charge in [-0.2, -0.15) is 10.4 Å². The molecule has 0 bridgehead atoms. The predicted octanol–water partition coefficient (Wildman–Crippen LogP) is 1.30. The molecule has 1 aromatic rings. The molecular formula is C11H18N4. The number of nitrogens with zero attached hydrogens (tertiary/aromatic N) is 3. The Labute approximate surface area is 90.7 Å². The van der Waals surface area contributed by atoms with Crippen molar-refractivity contribution in [2.24, 2.45) is 5.73 Å². The van der Waals surface area contributed by atoms with Crippen LogP contribution in [-0.2, 0) is 13.0 Å². The molecule has 2 N–H and O–H groups in total. The van der Waals surface area contributed by atoms with E-state index in [0.29, 0.717) is 6.54 Å². The van der Waals surface area contributed by atoms with E-state index in [1.807, 2.05) is 13.8 Å². The van der Waals surface area contributed by atoms with Crippen LogP contribution in [0.3, 0.4) is 0 Å². The van der Waals surface area contributed by atoms with Gasteiger partial charge < -0.3 is 5.73 Å². The molecule has 1 aromatic heterocycles. The van der Waals surface area contributed by atoms with Crippen LogP contribution in [0.2, 0.25) is 0 Å². The van der Waals surface area contributed by atoms with E-state index in [2.05, 4.69) is 18.1 Å². The maximum absolute atomic E-state index is 8.64. The molecule has 0 spiro atoms. The number of aryl methyl sites for hydroxylation is 1. The summed E-state index contributed by atoms with van der Waals surface area (Å²) >= 11 is 0. The van der Waals surface area contributed by atoms with Gasteiger partial charge in [-0.3, -0.25) is 4.68 Å². The second kappa shape index (κ2) is 4.94. The van der Waals surface area contributed by atoms with E-state index in [9.17, 15) is 0 Å². The summed E-state index contributed by atoms with van der Waals surface area (Å²) in [6.45, 7) is 6.36. The molecule has 0 saturated carbocycles. The van der Waals surface area contributed by atoms with Crippen LogP contribution in [0.15, 0.2) is 0 Å². The minimum Gasteiger partial charge on any atom is -0.327 e. The fraction of sp³-hybridized carbons (Fsp3) is 0.636. The van der Waals surface area contributed by atoms with Crippen LogP contribution >= 0.6 is 0 Å². The predicted molar refractivity (Wildman–Crippen MR) is 59.3 cm³/mol. The van der Waals surface area contributed by atoms with E-state index in [1.54, 1.807) is 4.68 Å². The first-order valence-electron chi connectivity index (χ1n) is 5.25. The Balaban J connectivity index is 2.93. The topological polar surface area (TPSA) is 67.6 Å². The van der Waals surface area contributed by atoms with E-state index in [1.165, 1.54) is 5.56 Å². The minimum absolute atomic E-state index is 0.183. The summed E-state index contributed by atoms with van der Waals surface area (Å²) in [6, 6.07) is 2.28. The molecule has 0 aromatic carbocycles. The lowest BCUT2D eigenvalue weighted by Crippen LogP contribution is -2.22. The lowest BCUT2D eigenvalue weighted by atomic mass is 10.0. The van der Waals surface area contributed by atoms with E-state index >= 15 is 0 Å². The molecule has 1 atom stereocenters. The van der Waals surface area contributed by atoms with Crippen molar-refractivity contribution < 1.29 is 0 Å². The molecule has 0 amide bonds. The van der Waals surface area contributed by atoms with Gasteiger partial charge in [-0.15, -0.1) is 0 Å². The third-order valence-corrected chi connectivity index (χ3v) is 2.74. The molecule has 4 heteroatoms. The minimum atomic E-state index is 0.183. The van der Waals surface area contributed by atoms with Gasteiger partial charge in [-0.1, -0.05) is 6.92 Å². The number of rotatable bonds is 4. The first-order chi connectivity index (χ1) is 7.10. The van der Waals surface area contributed by atoms with Gasteiger partial charge in [0.2, 0.25) is 0 Å². The Morgan fingerprint density at radius 3 is 2.73 bits per heavy atom. The number of hydrogen-bond donors (Lipinski definition) is 1. The van der Waals surface area contributed by atoms with Gasteiger partial charge in [0.25, 0.3) is 0 Å². The highest BCUT2D eigenvalue weighted by molar-refractivity contribution is 5.25. The molecule has 82 valence electrons. The zero-order chi connectivity index (χ0) is 11.4. The number of nitriles is 1. The number of hydrogen-bond acceptors (Lipinski definition) is 3. The van der Waals surface area contributed by atoms with E-state index < -0.39 is 0 Å². The highest BCUT2D eigenvalue weighted by Crippen LogP contribution is 2.15. The molecule has 1 heterocycles. The van der Waals surface area contributed by atoms with Crippen LogP contribution in [0.1, 0.15) is 30.3 Å². The second-order valence-electron chi connectivity index (χ2n) is 3.84. The molecule has 1 rings (SSSR count). The molecular weight excluding hydrogens is 188 g/mol. The molecule has 0 aliphatic rings. The lowest BCUT2D eigenvalue weighted by Gasteiger charge is -2.08. The van der Waals surface area contributed by atoms with E-state index in [-0.39, 0.29) is 6.04 Å². The van der Waals surface area contributed by atoms with Crippen LogP contribution in [-0.4, -0.2) is 15.8 Å². The fourth-order valence-corrected chi connectivity index (χ4v) is 1.66. The molecule has 0 saturated heterocycles. The van der Waals surface area contributed by atoms with Gasteiger partial charge in [0.1, 0.15) is 6.54 Å². The van der Waals surface area contributed by atoms with Gasteiger partial charge in [-0.05, 0) is 32.3 Å². The summed E-state index contributed by atoms with van der Waals surface area (Å²) in [5.41, 5.74) is 9.18. The monoisotopic (exact) mass is 206 g/mol. The third-order valence-electron chi connectivity index (χ3n) is 2.74. The van der Waals surface area contributed by atoms with Crippen molar-refractivity contribution in [2.75, 3.05) is 0 Å². The second-order valence-corrected chi connectivity index (χ2v) is 3.84. The van der Waals surface area contributed by atoms with Crippen LogP contribution in [0, 0.1) is 25.2 Å². The Kier molecular flexibility index (Phi) is 3.87. The summed E-state index contributed by atoms with van der Waals surface area (Å²) < 4.78 is 1.74. The summed E-state index contributed by atoms with van der Waals surface area (Å²) in [7, 11) is 0. The van der Waals surface area contributed by atoms with Crippen molar-refractivity contribution >= 4 is 0 Å². The summed E-state index contributed by atoms with van der Waals surface area (Å²) in [5, 5.41) is 13.0. The number of nitrogens with two attached hydrogens (primary N) is 1. The molecule has 0 radical (unpaired) electrons. The summed E-state index contributed by atoms with van der Waals surface area (Å²) in [5.74, 6) is 0. The average Bonchev–Trinajstić information content (AvgIpc) is 2.46. The van der Waals surface area contributed by atoms with Crippen molar-refractivity contribution in [3.05, 3.63) is 17.0 Å². The average molecular weight is 206 g/mol. The Morgan fingerprint density at radius 1 is 1.53 bits per heavy atom. The third kappa shape index (κ3) is 2.57. The molecule has 4 nitrogen and oxygen atoms in total. The van der Waals surface area contributed by atoms with Crippen molar-refractivity contribution in [3.63, 3.8) is 0 Å². The van der Waals surface area contributed by atoms with Crippen molar-refractivity contribution in [1.29, 1.82) is 5.26 Å². The standard InChI is InChI=1S/C11H18N4/c1-4-10(13)7-11-8(2)14-15(6-5-12)9(11)3/h10H,4,6-7,13H2,1-3H3. The maximum atomic E-state index is 8.64.